The Morgan fingerprint density at radius 3 is 0.857 bits per heavy atom. The number of aromatic hydroxyl groups is 1. The van der Waals surface area contributed by atoms with Gasteiger partial charge in [0, 0.05) is 0 Å². The third-order valence-electron chi connectivity index (χ3n) is 9.09. The van der Waals surface area contributed by atoms with Gasteiger partial charge in [-0.05, 0) is 48.5 Å². The minimum Gasteiger partial charge on any atom is -0.504 e. The number of methoxy groups -OCH3 is 11. The van der Waals surface area contributed by atoms with Gasteiger partial charge in [0.1, 0.15) is 13.2 Å². The fourth-order valence-electron chi connectivity index (χ4n) is 5.99. The highest BCUT2D eigenvalue weighted by molar-refractivity contribution is 5.94. The lowest BCUT2D eigenvalue weighted by atomic mass is 10.1. The first kappa shape index (κ1) is 48.0. The van der Waals surface area contributed by atoms with E-state index in [1.54, 1.807) is 0 Å². The van der Waals surface area contributed by atoms with Gasteiger partial charge in [0.15, 0.2) is 58.2 Å². The molecule has 20 nitrogen and oxygen atoms in total. The zero-order chi connectivity index (χ0) is 46.4. The van der Waals surface area contributed by atoms with E-state index in [4.69, 9.17) is 71.1 Å². The standard InChI is InChI=1S/C43H48O20/c1-49-27-13-22(12-26(44)36(27)56-8)42(47)62-34(20-60-40(45)23-14-28(50-2)37(57-9)29(15-23)51-3)35(63-43(48)25-18-32(54-6)39(59-11)33(19-25)55-7)21-61-41(46)24-16-30(52-4)38(58-10)31(17-24)53-5/h12-19,34-35,44H,20-21H2,1-11H3. The molecule has 63 heavy (non-hydrogen) atoms. The summed E-state index contributed by atoms with van der Waals surface area (Å²) in [4.78, 5) is 55.4. The van der Waals surface area contributed by atoms with Crippen LogP contribution in [0.1, 0.15) is 41.4 Å². The molecule has 0 amide bonds. The number of esters is 4. The summed E-state index contributed by atoms with van der Waals surface area (Å²) in [7, 11) is 14.7. The van der Waals surface area contributed by atoms with Crippen molar-refractivity contribution in [3.05, 3.63) is 70.8 Å². The number of phenols is 1. The Hall–Kier alpha value is -7.64. The summed E-state index contributed by atoms with van der Waals surface area (Å²) in [6, 6.07) is 10.1. The summed E-state index contributed by atoms with van der Waals surface area (Å²) in [6.07, 6.45) is -3.49. The molecule has 2 atom stereocenters. The molecule has 340 valence electrons. The van der Waals surface area contributed by atoms with Gasteiger partial charge in [-0.15, -0.1) is 0 Å². The summed E-state index contributed by atoms with van der Waals surface area (Å²) in [5, 5.41) is 10.7. The van der Waals surface area contributed by atoms with Gasteiger partial charge in [-0.25, -0.2) is 19.2 Å². The number of rotatable bonds is 22. The Morgan fingerprint density at radius 2 is 0.603 bits per heavy atom. The van der Waals surface area contributed by atoms with Crippen molar-refractivity contribution in [1.82, 2.24) is 0 Å². The maximum Gasteiger partial charge on any atom is 0.338 e. The minimum atomic E-state index is -1.75. The van der Waals surface area contributed by atoms with E-state index in [0.29, 0.717) is 0 Å². The maximum absolute atomic E-state index is 14.1. The van der Waals surface area contributed by atoms with Gasteiger partial charge in [-0.2, -0.15) is 0 Å². The van der Waals surface area contributed by atoms with Crippen molar-refractivity contribution >= 4 is 23.9 Å². The number of phenolic OH excluding ortho intramolecular Hbond substituents is 1. The molecule has 0 aromatic heterocycles. The summed E-state index contributed by atoms with van der Waals surface area (Å²) in [5.74, 6) is -3.57. The van der Waals surface area contributed by atoms with Gasteiger partial charge in [-0.3, -0.25) is 0 Å². The molecule has 0 aliphatic heterocycles. The smallest absolute Gasteiger partial charge is 0.338 e. The van der Waals surface area contributed by atoms with E-state index in [2.05, 4.69) is 0 Å². The van der Waals surface area contributed by atoms with Gasteiger partial charge in [0.25, 0.3) is 0 Å². The summed E-state index contributed by atoms with van der Waals surface area (Å²) < 4.78 is 81.9. The van der Waals surface area contributed by atoms with Crippen LogP contribution in [0.15, 0.2) is 48.5 Å². The Kier molecular flexibility index (Phi) is 17.0. The average Bonchev–Trinajstić information content (AvgIpc) is 3.31. The second kappa shape index (κ2) is 22.3. The molecule has 0 spiro atoms. The van der Waals surface area contributed by atoms with Crippen LogP contribution in [0.3, 0.4) is 0 Å². The van der Waals surface area contributed by atoms with Gasteiger partial charge >= 0.3 is 23.9 Å². The van der Waals surface area contributed by atoms with Crippen LogP contribution in [0, 0.1) is 0 Å². The van der Waals surface area contributed by atoms with E-state index >= 15 is 0 Å². The molecule has 0 saturated heterocycles. The predicted octanol–water partition coefficient (Wildman–Crippen LogP) is 4.95. The third kappa shape index (κ3) is 11.0. The summed E-state index contributed by atoms with van der Waals surface area (Å²) >= 11 is 0. The quantitative estimate of drug-likeness (QED) is 0.0813. The van der Waals surface area contributed by atoms with E-state index in [-0.39, 0.29) is 85.5 Å². The maximum atomic E-state index is 14.1. The largest absolute Gasteiger partial charge is 0.504 e. The van der Waals surface area contributed by atoms with Crippen LogP contribution in [-0.2, 0) is 18.9 Å². The number of hydrogen-bond donors (Lipinski definition) is 1. The first-order chi connectivity index (χ1) is 30.3. The fourth-order valence-corrected chi connectivity index (χ4v) is 5.99. The van der Waals surface area contributed by atoms with Gasteiger partial charge in [0.05, 0.1) is 100 Å². The monoisotopic (exact) mass is 884 g/mol. The molecular formula is C43H48O20. The van der Waals surface area contributed by atoms with Crippen LogP contribution in [-0.4, -0.2) is 133 Å². The third-order valence-corrected chi connectivity index (χ3v) is 9.09. The molecule has 4 rings (SSSR count). The molecule has 0 saturated carbocycles. The molecule has 4 aromatic carbocycles. The fraction of sp³-hybridized carbons (Fsp3) is 0.349. The number of benzene rings is 4. The molecule has 2 unspecified atom stereocenters. The molecule has 0 aliphatic carbocycles. The topological polar surface area (TPSA) is 227 Å². The lowest BCUT2D eigenvalue weighted by molar-refractivity contribution is -0.0753. The second-order valence-corrected chi connectivity index (χ2v) is 12.6. The van der Waals surface area contributed by atoms with Crippen molar-refractivity contribution < 1.29 is 95.3 Å². The van der Waals surface area contributed by atoms with E-state index in [9.17, 15) is 24.3 Å². The van der Waals surface area contributed by atoms with E-state index in [1.165, 1.54) is 121 Å². The van der Waals surface area contributed by atoms with Crippen LogP contribution < -0.4 is 52.1 Å². The number of hydrogen-bond acceptors (Lipinski definition) is 20. The molecule has 0 aliphatic rings. The van der Waals surface area contributed by atoms with Crippen molar-refractivity contribution in [1.29, 1.82) is 0 Å². The van der Waals surface area contributed by atoms with Gasteiger partial charge in [0.2, 0.25) is 23.0 Å². The van der Waals surface area contributed by atoms with Crippen LogP contribution in [0.4, 0.5) is 0 Å². The SMILES string of the molecule is COc1cc(C(=O)OC(COC(=O)c2cc(OC)c(OC)c(OC)c2)C(COC(=O)c2cc(OC)c(OC)c(OC)c2)OC(=O)c2cc(OC)c(OC)c(OC)c2)cc(O)c1OC. The van der Waals surface area contributed by atoms with Crippen LogP contribution in [0.25, 0.3) is 0 Å². The average molecular weight is 885 g/mol. The number of carbonyl (C=O) groups is 4. The molecule has 0 radical (unpaired) electrons. The van der Waals surface area contributed by atoms with E-state index < -0.39 is 55.0 Å². The zero-order valence-electron chi connectivity index (χ0n) is 36.4. The summed E-state index contributed by atoms with van der Waals surface area (Å²) in [5.41, 5.74) is -0.577. The Morgan fingerprint density at radius 1 is 0.365 bits per heavy atom. The highest BCUT2D eigenvalue weighted by atomic mass is 16.6. The van der Waals surface area contributed by atoms with E-state index in [1.807, 2.05) is 0 Å². The van der Waals surface area contributed by atoms with Gasteiger partial charge in [-0.1, -0.05) is 0 Å². The lowest BCUT2D eigenvalue weighted by Gasteiger charge is -2.27. The Labute approximate surface area is 362 Å². The lowest BCUT2D eigenvalue weighted by Crippen LogP contribution is -2.42. The molecule has 4 aromatic rings. The van der Waals surface area contributed by atoms with Crippen molar-refractivity contribution in [3.63, 3.8) is 0 Å². The first-order valence-electron chi connectivity index (χ1n) is 18.4. The predicted molar refractivity (Wildman–Crippen MR) is 218 cm³/mol. The highest BCUT2D eigenvalue weighted by Crippen LogP contribution is 2.41. The normalized spacial score (nSPS) is 11.4. The number of ether oxygens (including phenoxy) is 15. The molecule has 0 heterocycles. The first-order valence-corrected chi connectivity index (χ1v) is 18.4. The zero-order valence-corrected chi connectivity index (χ0v) is 36.4. The Balaban J connectivity index is 1.83. The van der Waals surface area contributed by atoms with Crippen molar-refractivity contribution in [2.24, 2.45) is 0 Å². The van der Waals surface area contributed by atoms with Crippen molar-refractivity contribution in [3.8, 4) is 69.0 Å². The number of carbonyl (C=O) groups excluding carboxylic acids is 4. The Bertz CT molecular complexity index is 2190. The van der Waals surface area contributed by atoms with Crippen molar-refractivity contribution in [2.45, 2.75) is 12.2 Å². The molecule has 1 N–H and O–H groups in total. The summed E-state index contributed by atoms with van der Waals surface area (Å²) in [6.45, 7) is -1.64. The van der Waals surface area contributed by atoms with Crippen LogP contribution >= 0.6 is 0 Å². The van der Waals surface area contributed by atoms with Crippen LogP contribution in [0.5, 0.6) is 69.0 Å². The van der Waals surface area contributed by atoms with Crippen LogP contribution in [0.2, 0.25) is 0 Å². The molecule has 0 fully saturated rings. The molecule has 0 bridgehead atoms. The van der Waals surface area contributed by atoms with Gasteiger partial charge < -0.3 is 76.2 Å². The second-order valence-electron chi connectivity index (χ2n) is 12.6. The highest BCUT2D eigenvalue weighted by Gasteiger charge is 2.35. The molecular weight excluding hydrogens is 836 g/mol. The van der Waals surface area contributed by atoms with E-state index in [0.717, 1.165) is 6.07 Å². The molecule has 20 heteroatoms. The van der Waals surface area contributed by atoms with Crippen molar-refractivity contribution in [2.75, 3.05) is 91.4 Å². The minimum absolute atomic E-state index is 0.0421.